The molecule has 0 amide bonds. The van der Waals surface area contributed by atoms with E-state index in [1.165, 1.54) is 6.92 Å². The summed E-state index contributed by atoms with van der Waals surface area (Å²) in [6, 6.07) is 0. The second-order valence-corrected chi connectivity index (χ2v) is 3.03. The van der Waals surface area contributed by atoms with Gasteiger partial charge in [0, 0.05) is 0 Å². The largest absolute Gasteiger partial charge is 0.481 e. The molecule has 4 heteroatoms. The molecule has 2 unspecified atom stereocenters. The smallest absolute Gasteiger partial charge is 0.308 e. The summed E-state index contributed by atoms with van der Waals surface area (Å²) in [5, 5.41) is 8.59. The number of carbonyl (C=O) groups excluding carboxylic acids is 1. The van der Waals surface area contributed by atoms with Crippen LogP contribution in [0.3, 0.4) is 0 Å². The van der Waals surface area contributed by atoms with E-state index in [1.54, 1.807) is 0 Å². The highest BCUT2D eigenvalue weighted by Crippen LogP contribution is 2.37. The molecule has 0 aromatic rings. The van der Waals surface area contributed by atoms with Gasteiger partial charge in [0.15, 0.2) is 0 Å². The highest BCUT2D eigenvalue weighted by atomic mass is 16.4. The zero-order chi connectivity index (χ0) is 8.65. The highest BCUT2D eigenvalue weighted by molar-refractivity contribution is 5.93. The average Bonchev–Trinajstić information content (AvgIpc) is 1.82. The van der Waals surface area contributed by atoms with Gasteiger partial charge < -0.3 is 10.8 Å². The summed E-state index contributed by atoms with van der Waals surface area (Å²) in [6.45, 7) is 1.34. The third-order valence-electron chi connectivity index (χ3n) is 2.42. The molecule has 0 bridgehead atoms. The Morgan fingerprint density at radius 2 is 2.18 bits per heavy atom. The Labute approximate surface area is 64.4 Å². The zero-order valence-electron chi connectivity index (χ0n) is 6.33. The SMILES string of the molecule is CC(=O)C1(N)CCC1C(=O)O. The van der Waals surface area contributed by atoms with E-state index in [-0.39, 0.29) is 5.78 Å². The first kappa shape index (κ1) is 8.20. The monoisotopic (exact) mass is 157 g/mol. The van der Waals surface area contributed by atoms with E-state index in [0.29, 0.717) is 12.8 Å². The molecule has 0 radical (unpaired) electrons. The maximum Gasteiger partial charge on any atom is 0.308 e. The van der Waals surface area contributed by atoms with Gasteiger partial charge in [-0.25, -0.2) is 0 Å². The first-order chi connectivity index (χ1) is 4.98. The molecule has 1 aliphatic rings. The molecule has 1 saturated carbocycles. The van der Waals surface area contributed by atoms with Crippen LogP contribution >= 0.6 is 0 Å². The Balaban J connectivity index is 2.75. The van der Waals surface area contributed by atoms with Gasteiger partial charge in [0.25, 0.3) is 0 Å². The van der Waals surface area contributed by atoms with E-state index in [4.69, 9.17) is 10.8 Å². The number of Topliss-reactive ketones (excluding diaryl/α,β-unsaturated/α-hetero) is 1. The molecule has 0 aromatic heterocycles. The third-order valence-corrected chi connectivity index (χ3v) is 2.42. The molecule has 0 spiro atoms. The summed E-state index contributed by atoms with van der Waals surface area (Å²) < 4.78 is 0. The number of carboxylic acids is 1. The fourth-order valence-electron chi connectivity index (χ4n) is 1.36. The van der Waals surface area contributed by atoms with E-state index in [2.05, 4.69) is 0 Å². The number of aliphatic carboxylic acids is 1. The summed E-state index contributed by atoms with van der Waals surface area (Å²) >= 11 is 0. The third kappa shape index (κ3) is 1.03. The number of rotatable bonds is 2. The van der Waals surface area contributed by atoms with E-state index < -0.39 is 17.4 Å². The van der Waals surface area contributed by atoms with Gasteiger partial charge in [0.2, 0.25) is 0 Å². The van der Waals surface area contributed by atoms with Crippen LogP contribution in [0.2, 0.25) is 0 Å². The number of ketones is 1. The van der Waals surface area contributed by atoms with E-state index in [0.717, 1.165) is 0 Å². The van der Waals surface area contributed by atoms with Crippen molar-refractivity contribution in [3.63, 3.8) is 0 Å². The van der Waals surface area contributed by atoms with Crippen molar-refractivity contribution < 1.29 is 14.7 Å². The molecule has 3 N–H and O–H groups in total. The van der Waals surface area contributed by atoms with E-state index >= 15 is 0 Å². The van der Waals surface area contributed by atoms with E-state index in [1.807, 2.05) is 0 Å². The Kier molecular flexibility index (Phi) is 1.72. The first-order valence-electron chi connectivity index (χ1n) is 3.51. The zero-order valence-corrected chi connectivity index (χ0v) is 6.33. The van der Waals surface area contributed by atoms with Gasteiger partial charge in [-0.05, 0) is 19.8 Å². The van der Waals surface area contributed by atoms with Crippen molar-refractivity contribution in [2.75, 3.05) is 0 Å². The van der Waals surface area contributed by atoms with Crippen molar-refractivity contribution in [3.05, 3.63) is 0 Å². The normalized spacial score (nSPS) is 36.0. The van der Waals surface area contributed by atoms with E-state index in [9.17, 15) is 9.59 Å². The number of nitrogens with two attached hydrogens (primary N) is 1. The van der Waals surface area contributed by atoms with Crippen LogP contribution in [0.5, 0.6) is 0 Å². The topological polar surface area (TPSA) is 80.4 Å². The first-order valence-corrected chi connectivity index (χ1v) is 3.51. The maximum atomic E-state index is 10.9. The number of hydrogen-bond donors (Lipinski definition) is 2. The molecule has 0 saturated heterocycles. The molecule has 4 nitrogen and oxygen atoms in total. The summed E-state index contributed by atoms with van der Waals surface area (Å²) in [4.78, 5) is 21.3. The minimum Gasteiger partial charge on any atom is -0.481 e. The molecule has 0 aliphatic heterocycles. The van der Waals surface area contributed by atoms with Gasteiger partial charge in [0.1, 0.15) is 5.78 Å². The van der Waals surface area contributed by atoms with Crippen LogP contribution in [-0.2, 0) is 9.59 Å². The molecular weight excluding hydrogens is 146 g/mol. The van der Waals surface area contributed by atoms with Gasteiger partial charge in [-0.3, -0.25) is 9.59 Å². The molecule has 1 aliphatic carbocycles. The van der Waals surface area contributed by atoms with Gasteiger partial charge in [-0.15, -0.1) is 0 Å². The molecular formula is C7H11NO3. The lowest BCUT2D eigenvalue weighted by Crippen LogP contribution is -2.62. The van der Waals surface area contributed by atoms with Gasteiger partial charge in [0.05, 0.1) is 11.5 Å². The minimum atomic E-state index is -1.08. The van der Waals surface area contributed by atoms with Crippen LogP contribution in [0.25, 0.3) is 0 Å². The van der Waals surface area contributed by atoms with Crippen LogP contribution in [-0.4, -0.2) is 22.4 Å². The highest BCUT2D eigenvalue weighted by Gasteiger charge is 2.51. The van der Waals surface area contributed by atoms with Gasteiger partial charge >= 0.3 is 5.97 Å². The van der Waals surface area contributed by atoms with Crippen molar-refractivity contribution in [1.82, 2.24) is 0 Å². The van der Waals surface area contributed by atoms with Crippen LogP contribution in [0.4, 0.5) is 0 Å². The predicted molar refractivity (Wildman–Crippen MR) is 38.0 cm³/mol. The average molecular weight is 157 g/mol. The molecule has 0 aromatic carbocycles. The van der Waals surface area contributed by atoms with Crippen molar-refractivity contribution >= 4 is 11.8 Å². The minimum absolute atomic E-state index is 0.226. The summed E-state index contributed by atoms with van der Waals surface area (Å²) in [5.74, 6) is -1.86. The second kappa shape index (κ2) is 2.30. The van der Waals surface area contributed by atoms with Crippen molar-refractivity contribution in [3.8, 4) is 0 Å². The lowest BCUT2D eigenvalue weighted by atomic mass is 9.65. The molecule has 1 fully saturated rings. The summed E-state index contributed by atoms with van der Waals surface area (Å²) in [5.41, 5.74) is 4.48. The van der Waals surface area contributed by atoms with Crippen LogP contribution in [0.1, 0.15) is 19.8 Å². The Hall–Kier alpha value is -0.900. The van der Waals surface area contributed by atoms with Crippen molar-refractivity contribution in [2.45, 2.75) is 25.3 Å². The molecule has 0 heterocycles. The summed E-state index contributed by atoms with van der Waals surface area (Å²) in [6.07, 6.45) is 1.02. The summed E-state index contributed by atoms with van der Waals surface area (Å²) in [7, 11) is 0. The number of hydrogen-bond acceptors (Lipinski definition) is 3. The molecule has 1 rings (SSSR count). The Morgan fingerprint density at radius 1 is 1.64 bits per heavy atom. The number of carbonyl (C=O) groups is 2. The lowest BCUT2D eigenvalue weighted by molar-refractivity contribution is -0.153. The quantitative estimate of drug-likeness (QED) is 0.580. The fourth-order valence-corrected chi connectivity index (χ4v) is 1.36. The lowest BCUT2D eigenvalue weighted by Gasteiger charge is -2.41. The van der Waals surface area contributed by atoms with Crippen LogP contribution in [0, 0.1) is 5.92 Å². The van der Waals surface area contributed by atoms with Gasteiger partial charge in [-0.1, -0.05) is 0 Å². The van der Waals surface area contributed by atoms with Crippen molar-refractivity contribution in [1.29, 1.82) is 0 Å². The Bertz CT molecular complexity index is 214. The second-order valence-electron chi connectivity index (χ2n) is 3.03. The standard InChI is InChI=1S/C7H11NO3/c1-4(9)7(8)3-2-5(7)6(10)11/h5H,2-3,8H2,1H3,(H,10,11). The Morgan fingerprint density at radius 3 is 2.27 bits per heavy atom. The van der Waals surface area contributed by atoms with Crippen LogP contribution < -0.4 is 5.73 Å². The predicted octanol–water partition coefficient (Wildman–Crippen LogP) is -0.233. The maximum absolute atomic E-state index is 10.9. The van der Waals surface area contributed by atoms with Crippen LogP contribution in [0.15, 0.2) is 0 Å². The van der Waals surface area contributed by atoms with Crippen molar-refractivity contribution in [2.24, 2.45) is 11.7 Å². The molecule has 62 valence electrons. The number of carboxylic acid groups (broad SMARTS) is 1. The molecule has 2 atom stereocenters. The van der Waals surface area contributed by atoms with Gasteiger partial charge in [-0.2, -0.15) is 0 Å². The fraction of sp³-hybridized carbons (Fsp3) is 0.714. The molecule has 11 heavy (non-hydrogen) atoms.